The molecule has 0 aromatic rings. The Balaban J connectivity index is 3.99. The van der Waals surface area contributed by atoms with Gasteiger partial charge in [0.2, 0.25) is 0 Å². The van der Waals surface area contributed by atoms with Gasteiger partial charge in [-0.15, -0.1) is 0 Å². The van der Waals surface area contributed by atoms with E-state index in [4.69, 9.17) is 0 Å². The second-order valence-corrected chi connectivity index (χ2v) is 6.16. The molecule has 0 aliphatic heterocycles. The third kappa shape index (κ3) is 9.97. The Hall–Kier alpha value is 0. The van der Waals surface area contributed by atoms with Gasteiger partial charge < -0.3 is 0 Å². The SMILES string of the molecule is CCCCCC(CCCC)CC(CC)CCCC. The van der Waals surface area contributed by atoms with E-state index in [0.29, 0.717) is 0 Å². The summed E-state index contributed by atoms with van der Waals surface area (Å²) in [5.74, 6) is 2.03. The fourth-order valence-corrected chi connectivity index (χ4v) is 3.01. The van der Waals surface area contributed by atoms with Crippen molar-refractivity contribution in [3.05, 3.63) is 0 Å². The Morgan fingerprint density at radius 3 is 1.56 bits per heavy atom. The summed E-state index contributed by atoms with van der Waals surface area (Å²) in [5.41, 5.74) is 0. The van der Waals surface area contributed by atoms with Crippen molar-refractivity contribution >= 4 is 0 Å². The van der Waals surface area contributed by atoms with Crippen LogP contribution < -0.4 is 0 Å². The van der Waals surface area contributed by atoms with E-state index in [0.717, 1.165) is 11.8 Å². The highest BCUT2D eigenvalue weighted by atomic mass is 14.2. The number of unbranched alkanes of at least 4 members (excludes halogenated alkanes) is 4. The van der Waals surface area contributed by atoms with Crippen molar-refractivity contribution in [2.75, 3.05) is 0 Å². The molecule has 0 spiro atoms. The first-order chi connectivity index (χ1) is 8.78. The molecule has 2 unspecified atom stereocenters. The van der Waals surface area contributed by atoms with Crippen LogP contribution >= 0.6 is 0 Å². The highest BCUT2D eigenvalue weighted by Crippen LogP contribution is 2.28. The maximum atomic E-state index is 2.39. The molecule has 0 nitrogen and oxygen atoms in total. The Bertz CT molecular complexity index is 150. The van der Waals surface area contributed by atoms with Crippen molar-refractivity contribution in [2.24, 2.45) is 11.8 Å². The first-order valence-electron chi connectivity index (χ1n) is 8.78. The first-order valence-corrected chi connectivity index (χ1v) is 8.78. The molecule has 0 radical (unpaired) electrons. The molecule has 110 valence electrons. The van der Waals surface area contributed by atoms with E-state index >= 15 is 0 Å². The molecule has 0 aromatic carbocycles. The minimum absolute atomic E-state index is 1.01. The van der Waals surface area contributed by atoms with Crippen molar-refractivity contribution in [3.8, 4) is 0 Å². The fourth-order valence-electron chi connectivity index (χ4n) is 3.01. The van der Waals surface area contributed by atoms with Crippen LogP contribution in [0.1, 0.15) is 105 Å². The molecule has 0 saturated carbocycles. The van der Waals surface area contributed by atoms with Crippen molar-refractivity contribution in [2.45, 2.75) is 105 Å². The summed E-state index contributed by atoms with van der Waals surface area (Å²) in [5, 5.41) is 0. The van der Waals surface area contributed by atoms with Crippen molar-refractivity contribution in [1.82, 2.24) is 0 Å². The van der Waals surface area contributed by atoms with Gasteiger partial charge in [0.25, 0.3) is 0 Å². The van der Waals surface area contributed by atoms with Crippen molar-refractivity contribution in [1.29, 1.82) is 0 Å². The van der Waals surface area contributed by atoms with E-state index in [1.54, 1.807) is 0 Å². The molecule has 0 aliphatic carbocycles. The van der Waals surface area contributed by atoms with Crippen LogP contribution in [0.2, 0.25) is 0 Å². The van der Waals surface area contributed by atoms with Crippen LogP contribution in [0, 0.1) is 11.8 Å². The molecule has 2 atom stereocenters. The zero-order chi connectivity index (χ0) is 13.6. The lowest BCUT2D eigenvalue weighted by molar-refractivity contribution is 0.298. The van der Waals surface area contributed by atoms with E-state index in [1.807, 2.05) is 0 Å². The van der Waals surface area contributed by atoms with Gasteiger partial charge in [-0.05, 0) is 18.3 Å². The summed E-state index contributed by atoms with van der Waals surface area (Å²) >= 11 is 0. The maximum absolute atomic E-state index is 2.39. The summed E-state index contributed by atoms with van der Waals surface area (Å²) in [6.07, 6.45) is 17.3. The largest absolute Gasteiger partial charge is 0.0654 e. The third-order valence-electron chi connectivity index (χ3n) is 4.39. The third-order valence-corrected chi connectivity index (χ3v) is 4.39. The Labute approximate surface area is 117 Å². The molecule has 0 saturated heterocycles. The van der Waals surface area contributed by atoms with E-state index in [-0.39, 0.29) is 0 Å². The van der Waals surface area contributed by atoms with Gasteiger partial charge in [-0.3, -0.25) is 0 Å². The second kappa shape index (κ2) is 13.4. The van der Waals surface area contributed by atoms with Crippen LogP contribution in [-0.4, -0.2) is 0 Å². The van der Waals surface area contributed by atoms with Crippen LogP contribution in [0.4, 0.5) is 0 Å². The highest BCUT2D eigenvalue weighted by Gasteiger charge is 2.14. The number of hydrogen-bond donors (Lipinski definition) is 0. The molecular weight excluding hydrogens is 216 g/mol. The van der Waals surface area contributed by atoms with E-state index < -0.39 is 0 Å². The predicted octanol–water partition coefficient (Wildman–Crippen LogP) is 6.98. The Kier molecular flexibility index (Phi) is 13.4. The normalized spacial score (nSPS) is 14.7. The lowest BCUT2D eigenvalue weighted by Gasteiger charge is -2.23. The summed E-state index contributed by atoms with van der Waals surface area (Å²) in [6.45, 7) is 9.36. The van der Waals surface area contributed by atoms with Gasteiger partial charge >= 0.3 is 0 Å². The molecule has 0 aromatic heterocycles. The van der Waals surface area contributed by atoms with Crippen molar-refractivity contribution < 1.29 is 0 Å². The number of rotatable bonds is 13. The quantitative estimate of drug-likeness (QED) is 0.311. The maximum Gasteiger partial charge on any atom is -0.0412 e. The Morgan fingerprint density at radius 2 is 1.06 bits per heavy atom. The van der Waals surface area contributed by atoms with Gasteiger partial charge in [0, 0.05) is 0 Å². The average Bonchev–Trinajstić information content (AvgIpc) is 2.40. The molecule has 18 heavy (non-hydrogen) atoms. The van der Waals surface area contributed by atoms with Crippen LogP contribution in [0.15, 0.2) is 0 Å². The molecular formula is C18H38. The summed E-state index contributed by atoms with van der Waals surface area (Å²) in [7, 11) is 0. The zero-order valence-corrected chi connectivity index (χ0v) is 13.6. The minimum atomic E-state index is 1.01. The van der Waals surface area contributed by atoms with Gasteiger partial charge in [0.15, 0.2) is 0 Å². The van der Waals surface area contributed by atoms with Crippen LogP contribution in [0.3, 0.4) is 0 Å². The molecule has 0 N–H and O–H groups in total. The molecule has 0 rings (SSSR count). The van der Waals surface area contributed by atoms with Crippen LogP contribution in [0.5, 0.6) is 0 Å². The summed E-state index contributed by atoms with van der Waals surface area (Å²) < 4.78 is 0. The highest BCUT2D eigenvalue weighted by molar-refractivity contribution is 4.67. The van der Waals surface area contributed by atoms with Gasteiger partial charge in [-0.2, -0.15) is 0 Å². The molecule has 0 heterocycles. The minimum Gasteiger partial charge on any atom is -0.0654 e. The van der Waals surface area contributed by atoms with Gasteiger partial charge in [0.05, 0.1) is 0 Å². The first kappa shape index (κ1) is 18.0. The van der Waals surface area contributed by atoms with E-state index in [1.165, 1.54) is 77.0 Å². The van der Waals surface area contributed by atoms with E-state index in [9.17, 15) is 0 Å². The molecule has 0 aliphatic rings. The zero-order valence-electron chi connectivity index (χ0n) is 13.6. The smallest absolute Gasteiger partial charge is 0.0412 e. The molecule has 0 heteroatoms. The van der Waals surface area contributed by atoms with E-state index in [2.05, 4.69) is 27.7 Å². The van der Waals surface area contributed by atoms with Crippen LogP contribution in [-0.2, 0) is 0 Å². The van der Waals surface area contributed by atoms with Crippen LogP contribution in [0.25, 0.3) is 0 Å². The van der Waals surface area contributed by atoms with Gasteiger partial charge in [-0.1, -0.05) is 98.3 Å². The number of hydrogen-bond acceptors (Lipinski definition) is 0. The second-order valence-electron chi connectivity index (χ2n) is 6.16. The summed E-state index contributed by atoms with van der Waals surface area (Å²) in [4.78, 5) is 0. The monoisotopic (exact) mass is 254 g/mol. The topological polar surface area (TPSA) is 0 Å². The van der Waals surface area contributed by atoms with Gasteiger partial charge in [-0.25, -0.2) is 0 Å². The summed E-state index contributed by atoms with van der Waals surface area (Å²) in [6, 6.07) is 0. The molecule has 0 amide bonds. The standard InChI is InChI=1S/C18H38/c1-5-9-12-15-18(14-11-7-3)16-17(8-4)13-10-6-2/h17-18H,5-16H2,1-4H3. The fraction of sp³-hybridized carbons (Fsp3) is 1.00. The Morgan fingerprint density at radius 1 is 0.556 bits per heavy atom. The van der Waals surface area contributed by atoms with Crippen molar-refractivity contribution in [3.63, 3.8) is 0 Å². The molecule has 0 fully saturated rings. The lowest BCUT2D eigenvalue weighted by Crippen LogP contribution is -2.09. The predicted molar refractivity (Wildman–Crippen MR) is 85.1 cm³/mol. The van der Waals surface area contributed by atoms with Gasteiger partial charge in [0.1, 0.15) is 0 Å². The molecule has 0 bridgehead atoms. The lowest BCUT2D eigenvalue weighted by atomic mass is 9.83. The average molecular weight is 255 g/mol.